The molecule has 5 rings (SSSR count). The Hall–Kier alpha value is -4.43. The van der Waals surface area contributed by atoms with Gasteiger partial charge in [-0.05, 0) is 85.7 Å². The maximum absolute atomic E-state index is 14.8. The molecule has 0 spiro atoms. The van der Waals surface area contributed by atoms with Gasteiger partial charge in [0, 0.05) is 19.0 Å². The lowest BCUT2D eigenvalue weighted by molar-refractivity contribution is -0.140. The standard InChI is InChI=1S/C39H45N3O4S/c1-29-23-30(2)25-35(24-29)42(47(45,46)36-21-11-6-12-22-36)28-38(43)41(27-33-18-14-13-15-31(33)3)37(26-32-16-7-4-8-17-32)39(44)40-34-19-9-5-10-20-34/h4,6-8,11-18,21-25,34,37H,5,9-10,19-20,26-28H2,1-3H3,(H,40,44)/t37-/m0/s1. The van der Waals surface area contributed by atoms with Gasteiger partial charge in [0.05, 0.1) is 10.6 Å². The molecule has 0 heterocycles. The lowest BCUT2D eigenvalue weighted by atomic mass is 9.94. The topological polar surface area (TPSA) is 86.8 Å². The highest BCUT2D eigenvalue weighted by atomic mass is 32.2. The number of amides is 2. The van der Waals surface area contributed by atoms with E-state index in [0.29, 0.717) is 12.1 Å². The molecule has 1 saturated carbocycles. The number of benzene rings is 4. The van der Waals surface area contributed by atoms with Crippen LogP contribution in [-0.2, 0) is 32.6 Å². The average molecular weight is 652 g/mol. The van der Waals surface area contributed by atoms with E-state index in [0.717, 1.165) is 59.9 Å². The zero-order valence-corrected chi connectivity index (χ0v) is 28.4. The van der Waals surface area contributed by atoms with Gasteiger partial charge in [0.25, 0.3) is 10.0 Å². The van der Waals surface area contributed by atoms with Gasteiger partial charge in [-0.2, -0.15) is 0 Å². The summed E-state index contributed by atoms with van der Waals surface area (Å²) in [5.41, 5.74) is 4.97. The lowest BCUT2D eigenvalue weighted by Crippen LogP contribution is -2.55. The van der Waals surface area contributed by atoms with Crippen LogP contribution in [0.5, 0.6) is 0 Å². The van der Waals surface area contributed by atoms with Crippen LogP contribution in [0.3, 0.4) is 0 Å². The second kappa shape index (κ2) is 15.4. The molecular formula is C39H45N3O4S. The van der Waals surface area contributed by atoms with E-state index in [2.05, 4.69) is 5.32 Å². The molecule has 1 aliphatic carbocycles. The molecule has 1 atom stereocenters. The highest BCUT2D eigenvalue weighted by molar-refractivity contribution is 7.92. The Labute approximate surface area is 279 Å². The molecule has 8 heteroatoms. The number of nitrogens with one attached hydrogen (secondary N) is 1. The van der Waals surface area contributed by atoms with Crippen molar-refractivity contribution in [3.63, 3.8) is 0 Å². The Bertz CT molecular complexity index is 1750. The SMILES string of the molecule is Cc1cc(C)cc(N(CC(=O)N(Cc2ccccc2C)[C@@H](Cc2ccccc2)C(=O)NC2CCCCC2)S(=O)(=O)c2ccccc2)c1. The number of carbonyl (C=O) groups is 2. The van der Waals surface area contributed by atoms with Crippen molar-refractivity contribution in [1.29, 1.82) is 0 Å². The van der Waals surface area contributed by atoms with Crippen molar-refractivity contribution in [1.82, 2.24) is 10.2 Å². The van der Waals surface area contributed by atoms with Gasteiger partial charge in [-0.25, -0.2) is 8.42 Å². The van der Waals surface area contributed by atoms with Crippen LogP contribution in [0.15, 0.2) is 108 Å². The van der Waals surface area contributed by atoms with Crippen LogP contribution in [0.25, 0.3) is 0 Å². The van der Waals surface area contributed by atoms with Crippen LogP contribution in [-0.4, -0.2) is 43.8 Å². The largest absolute Gasteiger partial charge is 0.352 e. The fourth-order valence-electron chi connectivity index (χ4n) is 6.41. The van der Waals surface area contributed by atoms with E-state index in [1.54, 1.807) is 35.2 Å². The van der Waals surface area contributed by atoms with Crippen molar-refractivity contribution in [2.75, 3.05) is 10.8 Å². The molecule has 0 unspecified atom stereocenters. The Morgan fingerprint density at radius 1 is 0.787 bits per heavy atom. The number of nitrogens with zero attached hydrogens (tertiary/aromatic N) is 2. The van der Waals surface area contributed by atoms with Gasteiger partial charge in [-0.3, -0.25) is 13.9 Å². The molecule has 1 fully saturated rings. The van der Waals surface area contributed by atoms with Crippen LogP contribution in [0, 0.1) is 20.8 Å². The number of rotatable bonds is 12. The minimum atomic E-state index is -4.14. The first-order valence-electron chi connectivity index (χ1n) is 16.5. The fourth-order valence-corrected chi connectivity index (χ4v) is 7.83. The summed E-state index contributed by atoms with van der Waals surface area (Å²) >= 11 is 0. The Kier molecular flexibility index (Phi) is 11.1. The summed E-state index contributed by atoms with van der Waals surface area (Å²) in [5, 5.41) is 3.27. The highest BCUT2D eigenvalue weighted by Gasteiger charge is 2.35. The number of hydrogen-bond acceptors (Lipinski definition) is 4. The number of aryl methyl sites for hydroxylation is 3. The van der Waals surface area contributed by atoms with Crippen molar-refractivity contribution >= 4 is 27.5 Å². The number of hydrogen-bond donors (Lipinski definition) is 1. The predicted octanol–water partition coefficient (Wildman–Crippen LogP) is 6.90. The van der Waals surface area contributed by atoms with Crippen LogP contribution in [0.4, 0.5) is 5.69 Å². The zero-order chi connectivity index (χ0) is 33.4. The first kappa shape index (κ1) is 33.9. The monoisotopic (exact) mass is 651 g/mol. The van der Waals surface area contributed by atoms with E-state index >= 15 is 0 Å². The van der Waals surface area contributed by atoms with Gasteiger partial charge in [-0.1, -0.05) is 98.1 Å². The van der Waals surface area contributed by atoms with Crippen molar-refractivity contribution in [3.05, 3.63) is 131 Å². The van der Waals surface area contributed by atoms with Crippen molar-refractivity contribution in [3.8, 4) is 0 Å². The van der Waals surface area contributed by atoms with Gasteiger partial charge in [0.15, 0.2) is 0 Å². The summed E-state index contributed by atoms with van der Waals surface area (Å²) in [6, 6.07) is 30.4. The molecule has 0 aliphatic heterocycles. The van der Waals surface area contributed by atoms with Crippen LogP contribution in [0.1, 0.15) is 59.9 Å². The maximum Gasteiger partial charge on any atom is 0.264 e. The zero-order valence-electron chi connectivity index (χ0n) is 27.6. The summed E-state index contributed by atoms with van der Waals surface area (Å²) in [5.74, 6) is -0.668. The second-order valence-electron chi connectivity index (χ2n) is 12.7. The first-order valence-corrected chi connectivity index (χ1v) is 17.9. The molecule has 0 aromatic heterocycles. The Balaban J connectivity index is 1.58. The average Bonchev–Trinajstić information content (AvgIpc) is 3.06. The molecule has 7 nitrogen and oxygen atoms in total. The fraction of sp³-hybridized carbons (Fsp3) is 0.333. The quantitative estimate of drug-likeness (QED) is 0.181. The molecule has 0 bridgehead atoms. The molecule has 1 N–H and O–H groups in total. The minimum Gasteiger partial charge on any atom is -0.352 e. The molecule has 1 aliphatic rings. The van der Waals surface area contributed by atoms with E-state index in [9.17, 15) is 18.0 Å². The first-order chi connectivity index (χ1) is 22.6. The van der Waals surface area contributed by atoms with Crippen LogP contribution >= 0.6 is 0 Å². The predicted molar refractivity (Wildman–Crippen MR) is 188 cm³/mol. The number of carbonyl (C=O) groups excluding carboxylic acids is 2. The lowest BCUT2D eigenvalue weighted by Gasteiger charge is -2.35. The summed E-state index contributed by atoms with van der Waals surface area (Å²) in [6.07, 6.45) is 5.38. The molecule has 47 heavy (non-hydrogen) atoms. The Morgan fingerprint density at radius 2 is 1.38 bits per heavy atom. The van der Waals surface area contributed by atoms with Crippen molar-refractivity contribution in [2.45, 2.75) is 82.8 Å². The normalized spacial score (nSPS) is 14.3. The third kappa shape index (κ3) is 8.69. The van der Waals surface area contributed by atoms with Gasteiger partial charge in [0.1, 0.15) is 12.6 Å². The van der Waals surface area contributed by atoms with Crippen LogP contribution < -0.4 is 9.62 Å². The third-order valence-corrected chi connectivity index (χ3v) is 10.7. The highest BCUT2D eigenvalue weighted by Crippen LogP contribution is 2.27. The van der Waals surface area contributed by atoms with Gasteiger partial charge in [-0.15, -0.1) is 0 Å². The summed E-state index contributed by atoms with van der Waals surface area (Å²) in [4.78, 5) is 30.7. The van der Waals surface area contributed by atoms with Crippen molar-refractivity contribution < 1.29 is 18.0 Å². The molecule has 246 valence electrons. The molecule has 4 aromatic carbocycles. The van der Waals surface area contributed by atoms with E-state index < -0.39 is 28.5 Å². The van der Waals surface area contributed by atoms with E-state index in [4.69, 9.17) is 0 Å². The van der Waals surface area contributed by atoms with E-state index in [-0.39, 0.29) is 23.4 Å². The Morgan fingerprint density at radius 3 is 2.02 bits per heavy atom. The van der Waals surface area contributed by atoms with Gasteiger partial charge < -0.3 is 10.2 Å². The minimum absolute atomic E-state index is 0.0511. The molecule has 0 radical (unpaired) electrons. The molecule has 4 aromatic rings. The third-order valence-electron chi connectivity index (χ3n) is 8.93. The summed E-state index contributed by atoms with van der Waals surface area (Å²) in [7, 11) is -4.14. The van der Waals surface area contributed by atoms with E-state index in [1.165, 1.54) is 16.4 Å². The van der Waals surface area contributed by atoms with Crippen molar-refractivity contribution in [2.24, 2.45) is 0 Å². The van der Waals surface area contributed by atoms with Gasteiger partial charge >= 0.3 is 0 Å². The van der Waals surface area contributed by atoms with Crippen LogP contribution in [0.2, 0.25) is 0 Å². The second-order valence-corrected chi connectivity index (χ2v) is 14.5. The van der Waals surface area contributed by atoms with E-state index in [1.807, 2.05) is 81.4 Å². The summed E-state index contributed by atoms with van der Waals surface area (Å²) in [6.45, 7) is 5.48. The summed E-state index contributed by atoms with van der Waals surface area (Å²) < 4.78 is 29.7. The number of anilines is 1. The molecule has 0 saturated heterocycles. The molecule has 2 amide bonds. The number of sulfonamides is 1. The molecular weight excluding hydrogens is 607 g/mol. The van der Waals surface area contributed by atoms with Gasteiger partial charge in [0.2, 0.25) is 11.8 Å². The smallest absolute Gasteiger partial charge is 0.264 e. The maximum atomic E-state index is 14.8.